The minimum atomic E-state index is 0.191. The number of unbranched alkanes of at least 4 members (excludes halogenated alkanes) is 1. The Morgan fingerprint density at radius 1 is 1.35 bits per heavy atom. The Hall–Kier alpha value is -1.35. The molecule has 110 valence electrons. The lowest BCUT2D eigenvalue weighted by atomic mass is 9.99. The maximum Gasteiger partial charge on any atom is 0.220 e. The number of hydrogen-bond donors (Lipinski definition) is 1. The first kappa shape index (κ1) is 15.0. The minimum absolute atomic E-state index is 0.191. The number of rotatable bonds is 6. The van der Waals surface area contributed by atoms with Gasteiger partial charge in [0, 0.05) is 32.1 Å². The van der Waals surface area contributed by atoms with E-state index in [4.69, 9.17) is 0 Å². The van der Waals surface area contributed by atoms with Crippen molar-refractivity contribution in [2.24, 2.45) is 0 Å². The van der Waals surface area contributed by atoms with E-state index in [1.54, 1.807) is 0 Å². The van der Waals surface area contributed by atoms with Crippen LogP contribution in [0.5, 0.6) is 0 Å². The fourth-order valence-corrected chi connectivity index (χ4v) is 2.71. The van der Waals surface area contributed by atoms with Crippen molar-refractivity contribution in [3.8, 4) is 0 Å². The van der Waals surface area contributed by atoms with E-state index in [-0.39, 0.29) is 5.91 Å². The Bertz CT molecular complexity index is 444. The SMILES string of the molecule is CCCCC(=O)NCC(C)N1CCc2ccccc2C1. The molecule has 1 aliphatic rings. The Balaban J connectivity index is 1.79. The van der Waals surface area contributed by atoms with Gasteiger partial charge in [-0.05, 0) is 30.9 Å². The van der Waals surface area contributed by atoms with Crippen LogP contribution in [0.25, 0.3) is 0 Å². The fraction of sp³-hybridized carbons (Fsp3) is 0.588. The first-order chi connectivity index (χ1) is 9.70. The minimum Gasteiger partial charge on any atom is -0.355 e. The lowest BCUT2D eigenvalue weighted by molar-refractivity contribution is -0.121. The van der Waals surface area contributed by atoms with Gasteiger partial charge in [-0.25, -0.2) is 0 Å². The third-order valence-electron chi connectivity index (χ3n) is 4.14. The van der Waals surface area contributed by atoms with Crippen molar-refractivity contribution in [1.82, 2.24) is 10.2 Å². The molecule has 1 heterocycles. The second-order valence-corrected chi connectivity index (χ2v) is 5.75. The van der Waals surface area contributed by atoms with Crippen LogP contribution in [0, 0.1) is 0 Å². The third-order valence-corrected chi connectivity index (χ3v) is 4.14. The second kappa shape index (κ2) is 7.44. The van der Waals surface area contributed by atoms with E-state index in [2.05, 4.69) is 48.3 Å². The zero-order valence-electron chi connectivity index (χ0n) is 12.7. The van der Waals surface area contributed by atoms with Gasteiger partial charge in [0.15, 0.2) is 0 Å². The molecule has 3 heteroatoms. The highest BCUT2D eigenvalue weighted by molar-refractivity contribution is 5.75. The van der Waals surface area contributed by atoms with Crippen molar-refractivity contribution < 1.29 is 4.79 Å². The zero-order valence-corrected chi connectivity index (χ0v) is 12.7. The number of hydrogen-bond acceptors (Lipinski definition) is 2. The fourth-order valence-electron chi connectivity index (χ4n) is 2.71. The number of carbonyl (C=O) groups excluding carboxylic acids is 1. The van der Waals surface area contributed by atoms with Crippen LogP contribution in [-0.4, -0.2) is 29.9 Å². The molecule has 0 aromatic heterocycles. The number of nitrogens with zero attached hydrogens (tertiary/aromatic N) is 1. The monoisotopic (exact) mass is 274 g/mol. The van der Waals surface area contributed by atoms with E-state index in [1.807, 2.05) is 0 Å². The molecule has 0 aliphatic carbocycles. The van der Waals surface area contributed by atoms with Crippen molar-refractivity contribution >= 4 is 5.91 Å². The molecule has 1 aliphatic heterocycles. The van der Waals surface area contributed by atoms with E-state index >= 15 is 0 Å². The molecule has 0 saturated heterocycles. The molecule has 1 amide bonds. The lowest BCUT2D eigenvalue weighted by Crippen LogP contribution is -2.44. The maximum atomic E-state index is 11.7. The quantitative estimate of drug-likeness (QED) is 0.865. The highest BCUT2D eigenvalue weighted by Gasteiger charge is 2.20. The summed E-state index contributed by atoms with van der Waals surface area (Å²) in [6, 6.07) is 9.07. The lowest BCUT2D eigenvalue weighted by Gasteiger charge is -2.33. The van der Waals surface area contributed by atoms with Gasteiger partial charge < -0.3 is 5.32 Å². The number of carbonyl (C=O) groups is 1. The average Bonchev–Trinajstić information content (AvgIpc) is 2.50. The summed E-state index contributed by atoms with van der Waals surface area (Å²) < 4.78 is 0. The van der Waals surface area contributed by atoms with E-state index < -0.39 is 0 Å². The van der Waals surface area contributed by atoms with E-state index in [0.29, 0.717) is 12.5 Å². The van der Waals surface area contributed by atoms with Crippen molar-refractivity contribution in [3.05, 3.63) is 35.4 Å². The molecule has 0 fully saturated rings. The summed E-state index contributed by atoms with van der Waals surface area (Å²) >= 11 is 0. The van der Waals surface area contributed by atoms with Gasteiger partial charge in [0.25, 0.3) is 0 Å². The van der Waals surface area contributed by atoms with Crippen molar-refractivity contribution in [1.29, 1.82) is 0 Å². The number of benzene rings is 1. The molecule has 0 bridgehead atoms. The first-order valence-corrected chi connectivity index (χ1v) is 7.78. The Kier molecular flexibility index (Phi) is 5.60. The van der Waals surface area contributed by atoms with Gasteiger partial charge in [-0.2, -0.15) is 0 Å². The van der Waals surface area contributed by atoms with Gasteiger partial charge in [0.1, 0.15) is 0 Å². The van der Waals surface area contributed by atoms with Crippen LogP contribution >= 0.6 is 0 Å². The summed E-state index contributed by atoms with van der Waals surface area (Å²) in [5.41, 5.74) is 2.91. The maximum absolute atomic E-state index is 11.7. The van der Waals surface area contributed by atoms with Crippen LogP contribution in [0.15, 0.2) is 24.3 Å². The molecular weight excluding hydrogens is 248 g/mol. The molecule has 1 atom stereocenters. The average molecular weight is 274 g/mol. The smallest absolute Gasteiger partial charge is 0.220 e. The number of fused-ring (bicyclic) bond motifs is 1. The normalized spacial score (nSPS) is 16.5. The predicted octanol–water partition coefficient (Wildman–Crippen LogP) is 2.74. The van der Waals surface area contributed by atoms with Crippen LogP contribution in [0.1, 0.15) is 44.2 Å². The summed E-state index contributed by atoms with van der Waals surface area (Å²) in [4.78, 5) is 14.1. The highest BCUT2D eigenvalue weighted by atomic mass is 16.1. The molecule has 0 radical (unpaired) electrons. The van der Waals surface area contributed by atoms with E-state index in [1.165, 1.54) is 11.1 Å². The summed E-state index contributed by atoms with van der Waals surface area (Å²) in [5.74, 6) is 0.191. The van der Waals surface area contributed by atoms with E-state index in [0.717, 1.165) is 38.9 Å². The molecule has 0 saturated carbocycles. The molecule has 20 heavy (non-hydrogen) atoms. The second-order valence-electron chi connectivity index (χ2n) is 5.75. The molecule has 2 rings (SSSR count). The third kappa shape index (κ3) is 4.07. The van der Waals surface area contributed by atoms with E-state index in [9.17, 15) is 4.79 Å². The number of amides is 1. The largest absolute Gasteiger partial charge is 0.355 e. The summed E-state index contributed by atoms with van der Waals surface area (Å²) in [5, 5.41) is 3.06. The molecule has 0 spiro atoms. The molecule has 1 unspecified atom stereocenters. The van der Waals surface area contributed by atoms with Crippen LogP contribution < -0.4 is 5.32 Å². The van der Waals surface area contributed by atoms with Gasteiger partial charge in [-0.1, -0.05) is 37.6 Å². The topological polar surface area (TPSA) is 32.3 Å². The Labute approximate surface area is 122 Å². The van der Waals surface area contributed by atoms with Gasteiger partial charge in [-0.3, -0.25) is 9.69 Å². The Morgan fingerprint density at radius 2 is 2.10 bits per heavy atom. The summed E-state index contributed by atoms with van der Waals surface area (Å²) in [7, 11) is 0. The summed E-state index contributed by atoms with van der Waals surface area (Å²) in [6.45, 7) is 7.16. The van der Waals surface area contributed by atoms with Crippen molar-refractivity contribution in [3.63, 3.8) is 0 Å². The van der Waals surface area contributed by atoms with Crippen molar-refractivity contribution in [2.75, 3.05) is 13.1 Å². The molecule has 3 nitrogen and oxygen atoms in total. The first-order valence-electron chi connectivity index (χ1n) is 7.78. The number of nitrogens with one attached hydrogen (secondary N) is 1. The standard InChI is InChI=1S/C17H26N2O/c1-3-4-9-17(20)18-12-14(2)19-11-10-15-7-5-6-8-16(15)13-19/h5-8,14H,3-4,9-13H2,1-2H3,(H,18,20). The van der Waals surface area contributed by atoms with Gasteiger partial charge >= 0.3 is 0 Å². The summed E-state index contributed by atoms with van der Waals surface area (Å²) in [6.07, 6.45) is 3.83. The highest BCUT2D eigenvalue weighted by Crippen LogP contribution is 2.19. The van der Waals surface area contributed by atoms with Crippen LogP contribution in [0.2, 0.25) is 0 Å². The van der Waals surface area contributed by atoms with Gasteiger partial charge in [0.05, 0.1) is 0 Å². The van der Waals surface area contributed by atoms with Crippen LogP contribution in [0.4, 0.5) is 0 Å². The van der Waals surface area contributed by atoms with Gasteiger partial charge in [-0.15, -0.1) is 0 Å². The van der Waals surface area contributed by atoms with Crippen LogP contribution in [-0.2, 0) is 17.8 Å². The van der Waals surface area contributed by atoms with Crippen molar-refractivity contribution in [2.45, 2.75) is 52.1 Å². The molecule has 1 aromatic rings. The molecular formula is C17H26N2O. The van der Waals surface area contributed by atoms with Crippen LogP contribution in [0.3, 0.4) is 0 Å². The Morgan fingerprint density at radius 3 is 2.85 bits per heavy atom. The van der Waals surface area contributed by atoms with Gasteiger partial charge in [0.2, 0.25) is 5.91 Å². The predicted molar refractivity (Wildman–Crippen MR) is 82.6 cm³/mol. The molecule has 1 N–H and O–H groups in total. The molecule has 1 aromatic carbocycles. The zero-order chi connectivity index (χ0) is 14.4.